The minimum atomic E-state index is 0. The average Bonchev–Trinajstić information content (AvgIpc) is 3.27. The summed E-state index contributed by atoms with van der Waals surface area (Å²) < 4.78 is 5.23. The molecule has 0 spiro atoms. The molecule has 1 aliphatic rings. The lowest BCUT2D eigenvalue weighted by Crippen LogP contribution is -2.29. The Hall–Kier alpha value is -1.44. The third kappa shape index (κ3) is 4.53. The van der Waals surface area contributed by atoms with Crippen molar-refractivity contribution in [1.82, 2.24) is 15.0 Å². The Labute approximate surface area is 145 Å². The van der Waals surface area contributed by atoms with Crippen LogP contribution in [0.25, 0.3) is 10.7 Å². The quantitative estimate of drug-likeness (QED) is 0.858. The van der Waals surface area contributed by atoms with Crippen molar-refractivity contribution in [3.8, 4) is 10.7 Å². The molecule has 0 bridgehead atoms. The lowest BCUT2D eigenvalue weighted by Gasteiger charge is -2.15. The molecule has 0 radical (unpaired) electrons. The topological polar surface area (TPSA) is 85.2 Å². The van der Waals surface area contributed by atoms with Crippen LogP contribution in [-0.4, -0.2) is 40.6 Å². The van der Waals surface area contributed by atoms with Crippen LogP contribution in [0.5, 0.6) is 0 Å². The fraction of sp³-hybridized carbons (Fsp3) is 0.533. The third-order valence-electron chi connectivity index (χ3n) is 3.96. The number of nitrogens with two attached hydrogens (primary N) is 1. The summed E-state index contributed by atoms with van der Waals surface area (Å²) >= 11 is 1.58. The Morgan fingerprint density at radius 1 is 1.52 bits per heavy atom. The van der Waals surface area contributed by atoms with E-state index in [4.69, 9.17) is 10.3 Å². The van der Waals surface area contributed by atoms with E-state index in [1.165, 1.54) is 0 Å². The van der Waals surface area contributed by atoms with E-state index >= 15 is 0 Å². The summed E-state index contributed by atoms with van der Waals surface area (Å²) in [6, 6.07) is 3.92. The van der Waals surface area contributed by atoms with Crippen LogP contribution in [0.2, 0.25) is 0 Å². The van der Waals surface area contributed by atoms with Crippen molar-refractivity contribution < 1.29 is 9.32 Å². The molecule has 2 aromatic rings. The van der Waals surface area contributed by atoms with Gasteiger partial charge in [-0.05, 0) is 36.8 Å². The van der Waals surface area contributed by atoms with Crippen LogP contribution < -0.4 is 5.73 Å². The summed E-state index contributed by atoms with van der Waals surface area (Å²) in [5, 5.41) is 5.95. The number of hydrogen-bond acceptors (Lipinski definition) is 6. The second-order valence-corrected chi connectivity index (χ2v) is 6.52. The smallest absolute Gasteiger partial charge is 0.226 e. The fourth-order valence-corrected chi connectivity index (χ4v) is 3.31. The largest absolute Gasteiger partial charge is 0.342 e. The van der Waals surface area contributed by atoms with Crippen molar-refractivity contribution in [2.24, 2.45) is 11.7 Å². The molecule has 6 nitrogen and oxygen atoms in total. The Morgan fingerprint density at radius 3 is 3.09 bits per heavy atom. The predicted molar refractivity (Wildman–Crippen MR) is 91.5 cm³/mol. The van der Waals surface area contributed by atoms with Gasteiger partial charge in [0, 0.05) is 25.9 Å². The summed E-state index contributed by atoms with van der Waals surface area (Å²) in [6.45, 7) is 2.31. The van der Waals surface area contributed by atoms with E-state index in [1.54, 1.807) is 11.3 Å². The minimum absolute atomic E-state index is 0. The average molecular weight is 357 g/mol. The van der Waals surface area contributed by atoms with Gasteiger partial charge >= 0.3 is 0 Å². The van der Waals surface area contributed by atoms with Gasteiger partial charge in [-0.15, -0.1) is 23.7 Å². The first kappa shape index (κ1) is 17.9. The summed E-state index contributed by atoms with van der Waals surface area (Å²) in [4.78, 5) is 19.4. The molecule has 0 aromatic carbocycles. The fourth-order valence-electron chi connectivity index (χ4n) is 2.66. The van der Waals surface area contributed by atoms with E-state index in [0.29, 0.717) is 37.0 Å². The molecule has 1 unspecified atom stereocenters. The Morgan fingerprint density at radius 2 is 2.39 bits per heavy atom. The number of hydrogen-bond donors (Lipinski definition) is 1. The number of rotatable bonds is 6. The first-order valence-corrected chi connectivity index (χ1v) is 8.48. The molecule has 1 fully saturated rings. The minimum Gasteiger partial charge on any atom is -0.342 e. The number of carbonyl (C=O) groups excluding carboxylic acids is 1. The number of nitrogens with zero attached hydrogens (tertiary/aromatic N) is 3. The van der Waals surface area contributed by atoms with Crippen molar-refractivity contribution in [1.29, 1.82) is 0 Å². The van der Waals surface area contributed by atoms with E-state index < -0.39 is 0 Å². The van der Waals surface area contributed by atoms with Crippen molar-refractivity contribution in [3.05, 3.63) is 23.4 Å². The maximum Gasteiger partial charge on any atom is 0.226 e. The van der Waals surface area contributed by atoms with Gasteiger partial charge in [0.25, 0.3) is 0 Å². The SMILES string of the molecule is Cl.NCC1CCN(C(=O)CCCc2nc(-c3cccs3)no2)C1. The summed E-state index contributed by atoms with van der Waals surface area (Å²) in [5.74, 6) is 1.89. The maximum absolute atomic E-state index is 12.1. The number of halogens is 1. The van der Waals surface area contributed by atoms with Crippen LogP contribution in [0, 0.1) is 5.92 Å². The van der Waals surface area contributed by atoms with Gasteiger partial charge in [-0.2, -0.15) is 4.98 Å². The zero-order chi connectivity index (χ0) is 15.4. The number of amides is 1. The summed E-state index contributed by atoms with van der Waals surface area (Å²) in [7, 11) is 0. The first-order valence-electron chi connectivity index (χ1n) is 7.60. The second-order valence-electron chi connectivity index (χ2n) is 5.57. The van der Waals surface area contributed by atoms with Crippen molar-refractivity contribution in [2.45, 2.75) is 25.7 Å². The highest BCUT2D eigenvalue weighted by molar-refractivity contribution is 7.13. The molecule has 126 valence electrons. The molecule has 3 heterocycles. The number of thiophene rings is 1. The molecule has 1 saturated heterocycles. The molecule has 23 heavy (non-hydrogen) atoms. The molecule has 1 atom stereocenters. The Kier molecular flexibility index (Phi) is 6.56. The van der Waals surface area contributed by atoms with Crippen molar-refractivity contribution in [2.75, 3.05) is 19.6 Å². The first-order chi connectivity index (χ1) is 10.8. The molecule has 1 amide bonds. The molecular formula is C15H21ClN4O2S. The number of aryl methyl sites for hydroxylation is 1. The number of aromatic nitrogens is 2. The van der Waals surface area contributed by atoms with Gasteiger partial charge < -0.3 is 15.2 Å². The summed E-state index contributed by atoms with van der Waals surface area (Å²) in [6.07, 6.45) is 2.91. The van der Waals surface area contributed by atoms with E-state index in [2.05, 4.69) is 10.1 Å². The van der Waals surface area contributed by atoms with E-state index in [1.807, 2.05) is 22.4 Å². The van der Waals surface area contributed by atoms with Gasteiger partial charge in [0.05, 0.1) is 4.88 Å². The molecular weight excluding hydrogens is 336 g/mol. The lowest BCUT2D eigenvalue weighted by molar-refractivity contribution is -0.130. The van der Waals surface area contributed by atoms with Crippen LogP contribution in [0.1, 0.15) is 25.2 Å². The second kappa shape index (κ2) is 8.42. The Balaban J connectivity index is 0.00000192. The van der Waals surface area contributed by atoms with Gasteiger partial charge in [-0.3, -0.25) is 4.79 Å². The molecule has 3 rings (SSSR count). The van der Waals surface area contributed by atoms with Gasteiger partial charge in [0.2, 0.25) is 17.6 Å². The van der Waals surface area contributed by atoms with E-state index in [9.17, 15) is 4.79 Å². The standard InChI is InChI=1S/C15H20N4O2S.ClH/c16-9-11-6-7-19(10-11)14(20)5-1-4-13-17-15(18-21-13)12-3-2-8-22-12;/h2-3,8,11H,1,4-7,9-10,16H2;1H. The van der Waals surface area contributed by atoms with E-state index in [0.717, 1.165) is 30.8 Å². The van der Waals surface area contributed by atoms with Crippen LogP contribution >= 0.6 is 23.7 Å². The molecule has 1 aliphatic heterocycles. The van der Waals surface area contributed by atoms with Crippen LogP contribution in [0.15, 0.2) is 22.0 Å². The molecule has 2 aromatic heterocycles. The van der Waals surface area contributed by atoms with Gasteiger partial charge in [0.1, 0.15) is 0 Å². The lowest BCUT2D eigenvalue weighted by atomic mass is 10.1. The van der Waals surface area contributed by atoms with E-state index in [-0.39, 0.29) is 18.3 Å². The van der Waals surface area contributed by atoms with Gasteiger partial charge in [0.15, 0.2) is 0 Å². The molecule has 0 aliphatic carbocycles. The highest BCUT2D eigenvalue weighted by Gasteiger charge is 2.24. The third-order valence-corrected chi connectivity index (χ3v) is 4.83. The zero-order valence-corrected chi connectivity index (χ0v) is 14.4. The van der Waals surface area contributed by atoms with Crippen LogP contribution in [-0.2, 0) is 11.2 Å². The molecule has 8 heteroatoms. The number of carbonyl (C=O) groups is 1. The summed E-state index contributed by atoms with van der Waals surface area (Å²) in [5.41, 5.74) is 5.65. The van der Waals surface area contributed by atoms with Crippen LogP contribution in [0.4, 0.5) is 0 Å². The predicted octanol–water partition coefficient (Wildman–Crippen LogP) is 2.35. The zero-order valence-electron chi connectivity index (χ0n) is 12.8. The normalized spacial score (nSPS) is 17.3. The van der Waals surface area contributed by atoms with Gasteiger partial charge in [-0.1, -0.05) is 11.2 Å². The monoisotopic (exact) mass is 356 g/mol. The van der Waals surface area contributed by atoms with Crippen LogP contribution in [0.3, 0.4) is 0 Å². The number of likely N-dealkylation sites (tertiary alicyclic amines) is 1. The highest BCUT2D eigenvalue weighted by Crippen LogP contribution is 2.22. The van der Waals surface area contributed by atoms with Gasteiger partial charge in [-0.25, -0.2) is 0 Å². The molecule has 0 saturated carbocycles. The maximum atomic E-state index is 12.1. The molecule has 2 N–H and O–H groups in total. The van der Waals surface area contributed by atoms with Crippen molar-refractivity contribution in [3.63, 3.8) is 0 Å². The Bertz CT molecular complexity index is 617. The van der Waals surface area contributed by atoms with Crippen molar-refractivity contribution >= 4 is 29.7 Å². The highest BCUT2D eigenvalue weighted by atomic mass is 35.5.